The number of carbonyl (C=O) groups is 1. The van der Waals surface area contributed by atoms with Gasteiger partial charge in [-0.1, -0.05) is 6.07 Å². The Hall–Kier alpha value is -0.800. The first-order chi connectivity index (χ1) is 7.11. The number of alkyl halides is 2. The summed E-state index contributed by atoms with van der Waals surface area (Å²) in [5.74, 6) is 0.254. The standard InChI is InChI=1S/C10H12Cl2N2O/c1-10(6-11,7-12)14-9(15)8-4-2-3-5-13-8/h2-5H,6-7H2,1H3,(H,14,15). The molecule has 0 saturated heterocycles. The Balaban J connectivity index is 2.72. The molecule has 5 heteroatoms. The Morgan fingerprint density at radius 2 is 2.13 bits per heavy atom. The van der Waals surface area contributed by atoms with Crippen molar-refractivity contribution in [1.29, 1.82) is 0 Å². The Kier molecular flexibility index (Phi) is 4.36. The number of amides is 1. The van der Waals surface area contributed by atoms with Gasteiger partial charge in [0.1, 0.15) is 5.69 Å². The molecule has 0 atom stereocenters. The molecule has 82 valence electrons. The molecule has 1 rings (SSSR count). The minimum Gasteiger partial charge on any atom is -0.343 e. The Bertz CT molecular complexity index is 325. The first-order valence-corrected chi connectivity index (χ1v) is 5.54. The first-order valence-electron chi connectivity index (χ1n) is 4.47. The van der Waals surface area contributed by atoms with E-state index in [0.717, 1.165) is 0 Å². The molecule has 0 bridgehead atoms. The van der Waals surface area contributed by atoms with Crippen molar-refractivity contribution in [2.24, 2.45) is 0 Å². The number of aromatic nitrogens is 1. The molecule has 0 radical (unpaired) electrons. The minimum atomic E-state index is -0.599. The third-order valence-electron chi connectivity index (χ3n) is 1.90. The van der Waals surface area contributed by atoms with Crippen LogP contribution in [0.2, 0.25) is 0 Å². The van der Waals surface area contributed by atoms with Gasteiger partial charge in [-0.15, -0.1) is 23.2 Å². The lowest BCUT2D eigenvalue weighted by molar-refractivity contribution is 0.0916. The summed E-state index contributed by atoms with van der Waals surface area (Å²) in [4.78, 5) is 15.6. The molecule has 0 fully saturated rings. The van der Waals surface area contributed by atoms with Crippen molar-refractivity contribution in [3.8, 4) is 0 Å². The van der Waals surface area contributed by atoms with Gasteiger partial charge in [0.15, 0.2) is 0 Å². The summed E-state index contributed by atoms with van der Waals surface area (Å²) in [5.41, 5.74) is -0.239. The van der Waals surface area contributed by atoms with Crippen molar-refractivity contribution in [2.75, 3.05) is 11.8 Å². The Morgan fingerprint density at radius 3 is 2.60 bits per heavy atom. The molecule has 3 nitrogen and oxygen atoms in total. The predicted octanol–water partition coefficient (Wildman–Crippen LogP) is 2.05. The Labute approximate surface area is 98.8 Å². The normalized spacial score (nSPS) is 11.1. The fourth-order valence-corrected chi connectivity index (χ4v) is 1.36. The van der Waals surface area contributed by atoms with Gasteiger partial charge in [0.05, 0.1) is 5.54 Å². The van der Waals surface area contributed by atoms with Crippen LogP contribution in [0.1, 0.15) is 17.4 Å². The van der Waals surface area contributed by atoms with Gasteiger partial charge in [0, 0.05) is 18.0 Å². The van der Waals surface area contributed by atoms with Crippen LogP contribution in [0.3, 0.4) is 0 Å². The van der Waals surface area contributed by atoms with E-state index >= 15 is 0 Å². The summed E-state index contributed by atoms with van der Waals surface area (Å²) in [7, 11) is 0. The highest BCUT2D eigenvalue weighted by atomic mass is 35.5. The second kappa shape index (κ2) is 5.33. The molecule has 0 spiro atoms. The number of carbonyl (C=O) groups excluding carboxylic acids is 1. The topological polar surface area (TPSA) is 42.0 Å². The number of nitrogens with one attached hydrogen (secondary N) is 1. The van der Waals surface area contributed by atoms with E-state index in [1.165, 1.54) is 0 Å². The van der Waals surface area contributed by atoms with Gasteiger partial charge in [-0.05, 0) is 19.1 Å². The van der Waals surface area contributed by atoms with Crippen molar-refractivity contribution in [1.82, 2.24) is 10.3 Å². The fraction of sp³-hybridized carbons (Fsp3) is 0.400. The van der Waals surface area contributed by atoms with Crippen molar-refractivity contribution in [2.45, 2.75) is 12.5 Å². The number of rotatable bonds is 4. The van der Waals surface area contributed by atoms with Gasteiger partial charge in [0.2, 0.25) is 0 Å². The SMILES string of the molecule is CC(CCl)(CCl)NC(=O)c1ccccn1. The molecular formula is C10H12Cl2N2O. The summed E-state index contributed by atoms with van der Waals surface area (Å²) < 4.78 is 0. The van der Waals surface area contributed by atoms with Crippen molar-refractivity contribution >= 4 is 29.1 Å². The van der Waals surface area contributed by atoms with Gasteiger partial charge < -0.3 is 5.32 Å². The third-order valence-corrected chi connectivity index (χ3v) is 3.08. The van der Waals surface area contributed by atoms with Crippen LogP contribution in [-0.4, -0.2) is 28.2 Å². The van der Waals surface area contributed by atoms with Gasteiger partial charge in [-0.25, -0.2) is 0 Å². The summed E-state index contributed by atoms with van der Waals surface area (Å²) in [6.07, 6.45) is 1.56. The fourth-order valence-electron chi connectivity index (χ4n) is 0.938. The molecule has 1 aromatic rings. The molecule has 1 amide bonds. The second-order valence-electron chi connectivity index (χ2n) is 3.50. The lowest BCUT2D eigenvalue weighted by Crippen LogP contribution is -2.49. The van der Waals surface area contributed by atoms with E-state index in [9.17, 15) is 4.79 Å². The van der Waals surface area contributed by atoms with E-state index in [2.05, 4.69) is 10.3 Å². The van der Waals surface area contributed by atoms with Crippen LogP contribution < -0.4 is 5.32 Å². The van der Waals surface area contributed by atoms with Crippen LogP contribution in [-0.2, 0) is 0 Å². The highest BCUT2D eigenvalue weighted by molar-refractivity contribution is 6.22. The molecule has 1 aromatic heterocycles. The summed E-state index contributed by atoms with van der Waals surface area (Å²) in [5, 5.41) is 2.74. The molecular weight excluding hydrogens is 235 g/mol. The lowest BCUT2D eigenvalue weighted by atomic mass is 10.1. The molecule has 0 unspecified atom stereocenters. The average Bonchev–Trinajstić information content (AvgIpc) is 2.30. The van der Waals surface area contributed by atoms with E-state index in [0.29, 0.717) is 5.69 Å². The third kappa shape index (κ3) is 3.36. The maximum atomic E-state index is 11.7. The van der Waals surface area contributed by atoms with Crippen LogP contribution >= 0.6 is 23.2 Å². The van der Waals surface area contributed by atoms with E-state index in [1.807, 2.05) is 0 Å². The molecule has 0 aliphatic heterocycles. The summed E-state index contributed by atoms with van der Waals surface area (Å²) in [6, 6.07) is 5.14. The number of pyridine rings is 1. The van der Waals surface area contributed by atoms with Crippen LogP contribution in [0.5, 0.6) is 0 Å². The van der Waals surface area contributed by atoms with Gasteiger partial charge in [-0.3, -0.25) is 9.78 Å². The van der Waals surface area contributed by atoms with Crippen LogP contribution in [0.4, 0.5) is 0 Å². The zero-order chi connectivity index (χ0) is 11.3. The number of hydrogen-bond donors (Lipinski definition) is 1. The Morgan fingerprint density at radius 1 is 1.47 bits per heavy atom. The maximum absolute atomic E-state index is 11.7. The van der Waals surface area contributed by atoms with Gasteiger partial charge in [-0.2, -0.15) is 0 Å². The monoisotopic (exact) mass is 246 g/mol. The van der Waals surface area contributed by atoms with Crippen molar-refractivity contribution < 1.29 is 4.79 Å². The highest BCUT2D eigenvalue weighted by Crippen LogP contribution is 2.09. The lowest BCUT2D eigenvalue weighted by Gasteiger charge is -2.25. The molecule has 0 aromatic carbocycles. The average molecular weight is 247 g/mol. The minimum absolute atomic E-state index is 0.259. The van der Waals surface area contributed by atoms with Crippen molar-refractivity contribution in [3.05, 3.63) is 30.1 Å². The highest BCUT2D eigenvalue weighted by Gasteiger charge is 2.25. The number of nitrogens with zero attached hydrogens (tertiary/aromatic N) is 1. The van der Waals surface area contributed by atoms with E-state index in [4.69, 9.17) is 23.2 Å². The molecule has 0 aliphatic rings. The zero-order valence-corrected chi connectivity index (χ0v) is 9.85. The smallest absolute Gasteiger partial charge is 0.270 e. The summed E-state index contributed by atoms with van der Waals surface area (Å²) in [6.45, 7) is 1.79. The molecule has 0 saturated carbocycles. The van der Waals surface area contributed by atoms with Crippen LogP contribution in [0, 0.1) is 0 Å². The molecule has 1 heterocycles. The predicted molar refractivity (Wildman–Crippen MR) is 61.5 cm³/mol. The van der Waals surface area contributed by atoms with Crippen LogP contribution in [0.15, 0.2) is 24.4 Å². The second-order valence-corrected chi connectivity index (χ2v) is 4.03. The first kappa shape index (κ1) is 12.3. The molecule has 1 N–H and O–H groups in total. The van der Waals surface area contributed by atoms with Gasteiger partial charge in [0.25, 0.3) is 5.91 Å². The van der Waals surface area contributed by atoms with E-state index in [1.54, 1.807) is 31.3 Å². The zero-order valence-electron chi connectivity index (χ0n) is 8.34. The molecule has 15 heavy (non-hydrogen) atoms. The van der Waals surface area contributed by atoms with E-state index in [-0.39, 0.29) is 17.7 Å². The number of hydrogen-bond acceptors (Lipinski definition) is 2. The van der Waals surface area contributed by atoms with Gasteiger partial charge >= 0.3 is 0 Å². The van der Waals surface area contributed by atoms with Crippen molar-refractivity contribution in [3.63, 3.8) is 0 Å². The largest absolute Gasteiger partial charge is 0.343 e. The number of halogens is 2. The summed E-state index contributed by atoms with van der Waals surface area (Å²) >= 11 is 11.4. The maximum Gasteiger partial charge on any atom is 0.270 e. The van der Waals surface area contributed by atoms with Crippen LogP contribution in [0.25, 0.3) is 0 Å². The quantitative estimate of drug-likeness (QED) is 0.827. The molecule has 0 aliphatic carbocycles. The van der Waals surface area contributed by atoms with E-state index < -0.39 is 5.54 Å².